The number of aromatic nitrogens is 2. The van der Waals surface area contributed by atoms with Gasteiger partial charge in [-0.2, -0.15) is 5.10 Å². The topological polar surface area (TPSA) is 53.1 Å². The zero-order valence-corrected chi connectivity index (χ0v) is 7.81. The lowest BCUT2D eigenvalue weighted by Crippen LogP contribution is -2.30. The first kappa shape index (κ1) is 8.72. The van der Waals surface area contributed by atoms with E-state index in [1.807, 2.05) is 19.4 Å². The average molecular weight is 181 g/mol. The van der Waals surface area contributed by atoms with Crippen LogP contribution < -0.4 is 5.73 Å². The van der Waals surface area contributed by atoms with Gasteiger partial charge in [0, 0.05) is 31.5 Å². The number of rotatable bonds is 1. The molecule has 2 unspecified atom stereocenters. The number of nitrogens with two attached hydrogens (primary N) is 1. The Morgan fingerprint density at radius 2 is 2.54 bits per heavy atom. The molecule has 2 rings (SSSR count). The summed E-state index contributed by atoms with van der Waals surface area (Å²) in [6.45, 7) is 0.765. The van der Waals surface area contributed by atoms with E-state index in [-0.39, 0.29) is 12.1 Å². The molecule has 1 aromatic rings. The lowest BCUT2D eigenvalue weighted by molar-refractivity contribution is 0.00664. The molecule has 1 aromatic heterocycles. The molecule has 0 bridgehead atoms. The molecular weight excluding hydrogens is 166 g/mol. The molecule has 2 atom stereocenters. The number of aryl methyl sites for hydroxylation is 1. The zero-order chi connectivity index (χ0) is 9.26. The van der Waals surface area contributed by atoms with Gasteiger partial charge in [0.05, 0.1) is 12.3 Å². The Balaban J connectivity index is 2.08. The molecule has 1 aliphatic heterocycles. The third kappa shape index (κ3) is 1.89. The van der Waals surface area contributed by atoms with Crippen LogP contribution in [0.1, 0.15) is 24.5 Å². The van der Waals surface area contributed by atoms with Crippen LogP contribution in [0.3, 0.4) is 0 Å². The largest absolute Gasteiger partial charge is 0.373 e. The molecule has 4 heteroatoms. The molecule has 0 amide bonds. The predicted octanol–water partition coefficient (Wildman–Crippen LogP) is 0.599. The van der Waals surface area contributed by atoms with E-state index in [0.717, 1.165) is 25.0 Å². The minimum atomic E-state index is 0.150. The van der Waals surface area contributed by atoms with Gasteiger partial charge in [-0.25, -0.2) is 0 Å². The van der Waals surface area contributed by atoms with Crippen molar-refractivity contribution < 1.29 is 4.74 Å². The van der Waals surface area contributed by atoms with E-state index in [9.17, 15) is 0 Å². The lowest BCUT2D eigenvalue weighted by Gasteiger charge is -2.26. The van der Waals surface area contributed by atoms with Crippen LogP contribution >= 0.6 is 0 Å². The predicted molar refractivity (Wildman–Crippen MR) is 49.1 cm³/mol. The average Bonchev–Trinajstić information content (AvgIpc) is 2.52. The highest BCUT2D eigenvalue weighted by Gasteiger charge is 2.22. The standard InChI is InChI=1S/C9H15N3O/c1-12-6-7(5-11-12)9-4-8(10)2-3-13-9/h5-6,8-9H,2-4,10H2,1H3. The maximum atomic E-state index is 5.86. The van der Waals surface area contributed by atoms with Crippen LogP contribution in [0.25, 0.3) is 0 Å². The van der Waals surface area contributed by atoms with E-state index in [1.54, 1.807) is 4.68 Å². The van der Waals surface area contributed by atoms with Crippen molar-refractivity contribution in [3.63, 3.8) is 0 Å². The molecule has 1 saturated heterocycles. The van der Waals surface area contributed by atoms with Gasteiger partial charge in [0.25, 0.3) is 0 Å². The Labute approximate surface area is 77.7 Å². The van der Waals surface area contributed by atoms with Gasteiger partial charge in [-0.1, -0.05) is 0 Å². The lowest BCUT2D eigenvalue weighted by atomic mass is 10.0. The van der Waals surface area contributed by atoms with Gasteiger partial charge in [-0.3, -0.25) is 4.68 Å². The van der Waals surface area contributed by atoms with Crippen LogP contribution in [0.2, 0.25) is 0 Å². The first-order valence-corrected chi connectivity index (χ1v) is 4.61. The fourth-order valence-corrected chi connectivity index (χ4v) is 1.66. The van der Waals surface area contributed by atoms with Gasteiger partial charge in [0.1, 0.15) is 0 Å². The summed E-state index contributed by atoms with van der Waals surface area (Å²) in [6, 6.07) is 0.277. The van der Waals surface area contributed by atoms with E-state index in [1.165, 1.54) is 0 Å². The van der Waals surface area contributed by atoms with Crippen LogP contribution in [0.4, 0.5) is 0 Å². The van der Waals surface area contributed by atoms with E-state index < -0.39 is 0 Å². The molecule has 0 aliphatic carbocycles. The smallest absolute Gasteiger partial charge is 0.0870 e. The number of hydrogen-bond acceptors (Lipinski definition) is 3. The first-order chi connectivity index (χ1) is 6.25. The van der Waals surface area contributed by atoms with Crippen molar-refractivity contribution in [1.29, 1.82) is 0 Å². The van der Waals surface area contributed by atoms with Gasteiger partial charge < -0.3 is 10.5 Å². The van der Waals surface area contributed by atoms with Gasteiger partial charge in [0.15, 0.2) is 0 Å². The zero-order valence-electron chi connectivity index (χ0n) is 7.81. The quantitative estimate of drug-likeness (QED) is 0.690. The second kappa shape index (κ2) is 3.47. The highest BCUT2D eigenvalue weighted by atomic mass is 16.5. The molecule has 0 spiro atoms. The van der Waals surface area contributed by atoms with Gasteiger partial charge >= 0.3 is 0 Å². The monoisotopic (exact) mass is 181 g/mol. The highest BCUT2D eigenvalue weighted by molar-refractivity contribution is 5.09. The van der Waals surface area contributed by atoms with Gasteiger partial charge in [-0.05, 0) is 12.8 Å². The van der Waals surface area contributed by atoms with Gasteiger partial charge in [0.2, 0.25) is 0 Å². The van der Waals surface area contributed by atoms with Crippen LogP contribution in [0.15, 0.2) is 12.4 Å². The fourth-order valence-electron chi connectivity index (χ4n) is 1.66. The summed E-state index contributed by atoms with van der Waals surface area (Å²) in [5, 5.41) is 4.11. The fraction of sp³-hybridized carbons (Fsp3) is 0.667. The molecule has 2 N–H and O–H groups in total. The Bertz CT molecular complexity index is 284. The van der Waals surface area contributed by atoms with Crippen molar-refractivity contribution in [2.24, 2.45) is 12.8 Å². The summed E-state index contributed by atoms with van der Waals surface area (Å²) in [7, 11) is 1.91. The number of nitrogens with zero attached hydrogens (tertiary/aromatic N) is 2. The summed E-state index contributed by atoms with van der Waals surface area (Å²) in [4.78, 5) is 0. The van der Waals surface area contributed by atoms with E-state index in [2.05, 4.69) is 5.10 Å². The van der Waals surface area contributed by atoms with Crippen LogP contribution in [0.5, 0.6) is 0 Å². The number of hydrogen-bond donors (Lipinski definition) is 1. The van der Waals surface area contributed by atoms with Crippen molar-refractivity contribution in [2.45, 2.75) is 25.0 Å². The summed E-state index contributed by atoms with van der Waals surface area (Å²) in [5.74, 6) is 0. The molecule has 1 fully saturated rings. The van der Waals surface area contributed by atoms with Crippen molar-refractivity contribution in [3.05, 3.63) is 18.0 Å². The molecule has 0 aromatic carbocycles. The molecule has 0 saturated carbocycles. The Morgan fingerprint density at radius 1 is 1.69 bits per heavy atom. The summed E-state index contributed by atoms with van der Waals surface area (Å²) < 4.78 is 7.40. The Morgan fingerprint density at radius 3 is 3.15 bits per heavy atom. The third-order valence-electron chi connectivity index (χ3n) is 2.42. The highest BCUT2D eigenvalue weighted by Crippen LogP contribution is 2.26. The van der Waals surface area contributed by atoms with Crippen molar-refractivity contribution in [1.82, 2.24) is 9.78 Å². The van der Waals surface area contributed by atoms with Crippen LogP contribution in [-0.2, 0) is 11.8 Å². The molecule has 72 valence electrons. The van der Waals surface area contributed by atoms with Gasteiger partial charge in [-0.15, -0.1) is 0 Å². The molecule has 2 heterocycles. The SMILES string of the molecule is Cn1cc(C2CC(N)CCO2)cn1. The van der Waals surface area contributed by atoms with Crippen molar-refractivity contribution in [2.75, 3.05) is 6.61 Å². The van der Waals surface area contributed by atoms with Crippen LogP contribution in [0, 0.1) is 0 Å². The van der Waals surface area contributed by atoms with Crippen molar-refractivity contribution >= 4 is 0 Å². The normalized spacial score (nSPS) is 29.1. The number of ether oxygens (including phenoxy) is 1. The second-order valence-corrected chi connectivity index (χ2v) is 3.59. The molecular formula is C9H15N3O. The van der Waals surface area contributed by atoms with Crippen LogP contribution in [-0.4, -0.2) is 22.4 Å². The third-order valence-corrected chi connectivity index (χ3v) is 2.42. The molecule has 4 nitrogen and oxygen atoms in total. The second-order valence-electron chi connectivity index (χ2n) is 3.59. The van der Waals surface area contributed by atoms with E-state index >= 15 is 0 Å². The Hall–Kier alpha value is -0.870. The molecule has 0 radical (unpaired) electrons. The van der Waals surface area contributed by atoms with E-state index in [4.69, 9.17) is 10.5 Å². The van der Waals surface area contributed by atoms with E-state index in [0.29, 0.717) is 0 Å². The molecule has 13 heavy (non-hydrogen) atoms. The summed E-state index contributed by atoms with van der Waals surface area (Å²) in [6.07, 6.45) is 5.87. The maximum Gasteiger partial charge on any atom is 0.0870 e. The minimum Gasteiger partial charge on any atom is -0.373 e. The minimum absolute atomic E-state index is 0.150. The van der Waals surface area contributed by atoms with Crippen molar-refractivity contribution in [3.8, 4) is 0 Å². The maximum absolute atomic E-state index is 5.86. The first-order valence-electron chi connectivity index (χ1n) is 4.61. The molecule has 1 aliphatic rings. The Kier molecular flexibility index (Phi) is 2.33. The summed E-state index contributed by atoms with van der Waals surface area (Å²) >= 11 is 0. The summed E-state index contributed by atoms with van der Waals surface area (Å²) in [5.41, 5.74) is 7.00.